The lowest BCUT2D eigenvalue weighted by molar-refractivity contribution is 0.482. The molecule has 0 spiro atoms. The molecule has 0 aromatic heterocycles. The lowest BCUT2D eigenvalue weighted by Crippen LogP contribution is -2.17. The van der Waals surface area contributed by atoms with Crippen LogP contribution < -0.4 is 10.1 Å². The lowest BCUT2D eigenvalue weighted by Gasteiger charge is -2.13. The summed E-state index contributed by atoms with van der Waals surface area (Å²) in [5.41, 5.74) is 1.24. The van der Waals surface area contributed by atoms with Crippen LogP contribution in [0.1, 0.15) is 25.5 Å². The summed E-state index contributed by atoms with van der Waals surface area (Å²) in [5, 5.41) is 4.00. The molecule has 0 amide bonds. The van der Waals surface area contributed by atoms with Gasteiger partial charge in [-0.3, -0.25) is 0 Å². The Morgan fingerprint density at radius 2 is 1.79 bits per heavy atom. The first kappa shape index (κ1) is 13.9. The Kier molecular flexibility index (Phi) is 4.83. The van der Waals surface area contributed by atoms with Gasteiger partial charge in [-0.05, 0) is 43.3 Å². The van der Waals surface area contributed by atoms with E-state index in [1.54, 1.807) is 0 Å². The zero-order chi connectivity index (χ0) is 13.7. The third-order valence-electron chi connectivity index (χ3n) is 2.95. The number of nitrogens with one attached hydrogen (secondary N) is 1. The summed E-state index contributed by atoms with van der Waals surface area (Å²) < 4.78 is 5.75. The maximum atomic E-state index is 6.06. The van der Waals surface area contributed by atoms with Crippen LogP contribution in [0, 0.1) is 0 Å². The average Bonchev–Trinajstić information content (AvgIpc) is 2.42. The van der Waals surface area contributed by atoms with Crippen LogP contribution in [0.4, 0.5) is 0 Å². The molecule has 100 valence electrons. The van der Waals surface area contributed by atoms with E-state index in [4.69, 9.17) is 16.3 Å². The molecule has 0 aliphatic rings. The highest BCUT2D eigenvalue weighted by Gasteiger charge is 2.05. The van der Waals surface area contributed by atoms with E-state index in [2.05, 4.69) is 31.3 Å². The number of halogens is 1. The van der Waals surface area contributed by atoms with Gasteiger partial charge in [0.25, 0.3) is 0 Å². The number of hydrogen-bond donors (Lipinski definition) is 1. The van der Waals surface area contributed by atoms with Gasteiger partial charge in [-0.25, -0.2) is 0 Å². The smallest absolute Gasteiger partial charge is 0.146 e. The molecule has 0 heterocycles. The monoisotopic (exact) mass is 275 g/mol. The number of hydrogen-bond acceptors (Lipinski definition) is 2. The van der Waals surface area contributed by atoms with E-state index in [-0.39, 0.29) is 0 Å². The van der Waals surface area contributed by atoms with Gasteiger partial charge < -0.3 is 10.1 Å². The number of para-hydroxylation sites is 1. The summed E-state index contributed by atoms with van der Waals surface area (Å²) >= 11 is 6.06. The van der Waals surface area contributed by atoms with Crippen LogP contribution in [0.2, 0.25) is 5.02 Å². The van der Waals surface area contributed by atoms with Crippen molar-refractivity contribution in [3.8, 4) is 11.5 Å². The van der Waals surface area contributed by atoms with E-state index in [0.717, 1.165) is 12.3 Å². The van der Waals surface area contributed by atoms with Gasteiger partial charge in [0.1, 0.15) is 11.5 Å². The second kappa shape index (κ2) is 6.60. The first-order chi connectivity index (χ1) is 9.20. The fourth-order valence-electron chi connectivity index (χ4n) is 1.90. The van der Waals surface area contributed by atoms with Crippen molar-refractivity contribution in [2.45, 2.75) is 19.9 Å². The standard InChI is InChI=1S/C16H18ClNO/c1-3-18-12(2)13-8-10-14(11-9-13)19-16-7-5-4-6-15(16)17/h4-12,18H,3H2,1-2H3. The van der Waals surface area contributed by atoms with Gasteiger partial charge in [-0.15, -0.1) is 0 Å². The molecule has 2 aromatic carbocycles. The number of rotatable bonds is 5. The Morgan fingerprint density at radius 1 is 1.11 bits per heavy atom. The lowest BCUT2D eigenvalue weighted by atomic mass is 10.1. The molecule has 0 fully saturated rings. The van der Waals surface area contributed by atoms with Crippen molar-refractivity contribution in [2.75, 3.05) is 6.54 Å². The molecule has 1 N–H and O–H groups in total. The van der Waals surface area contributed by atoms with E-state index >= 15 is 0 Å². The SMILES string of the molecule is CCNC(C)c1ccc(Oc2ccccc2Cl)cc1. The molecular formula is C16H18ClNO. The van der Waals surface area contributed by atoms with Gasteiger partial charge in [0.15, 0.2) is 0 Å². The molecule has 0 aliphatic heterocycles. The van der Waals surface area contributed by atoms with Gasteiger partial charge in [0.2, 0.25) is 0 Å². The molecule has 0 radical (unpaired) electrons. The van der Waals surface area contributed by atoms with Crippen LogP contribution in [0.3, 0.4) is 0 Å². The van der Waals surface area contributed by atoms with Crippen molar-refractivity contribution in [3.63, 3.8) is 0 Å². The molecule has 1 unspecified atom stereocenters. The normalized spacial score (nSPS) is 12.2. The van der Waals surface area contributed by atoms with Crippen LogP contribution in [0.15, 0.2) is 48.5 Å². The largest absolute Gasteiger partial charge is 0.456 e. The number of benzene rings is 2. The molecule has 0 saturated heterocycles. The third-order valence-corrected chi connectivity index (χ3v) is 3.27. The molecule has 19 heavy (non-hydrogen) atoms. The highest BCUT2D eigenvalue weighted by Crippen LogP contribution is 2.29. The maximum Gasteiger partial charge on any atom is 0.146 e. The van der Waals surface area contributed by atoms with E-state index in [1.165, 1.54) is 5.56 Å². The van der Waals surface area contributed by atoms with E-state index in [0.29, 0.717) is 16.8 Å². The van der Waals surface area contributed by atoms with Gasteiger partial charge >= 0.3 is 0 Å². The topological polar surface area (TPSA) is 21.3 Å². The van der Waals surface area contributed by atoms with Crippen molar-refractivity contribution in [3.05, 3.63) is 59.1 Å². The Bertz CT molecular complexity index is 525. The summed E-state index contributed by atoms with van der Waals surface area (Å²) in [7, 11) is 0. The molecule has 2 aromatic rings. The first-order valence-electron chi connectivity index (χ1n) is 6.46. The minimum absolute atomic E-state index is 0.347. The van der Waals surface area contributed by atoms with Crippen LogP contribution in [0.5, 0.6) is 11.5 Å². The third kappa shape index (κ3) is 3.72. The zero-order valence-corrected chi connectivity index (χ0v) is 11.9. The van der Waals surface area contributed by atoms with Crippen molar-refractivity contribution in [2.24, 2.45) is 0 Å². The minimum atomic E-state index is 0.347. The maximum absolute atomic E-state index is 6.06. The Labute approximate surface area is 119 Å². The summed E-state index contributed by atoms with van der Waals surface area (Å²) in [6.07, 6.45) is 0. The molecular weight excluding hydrogens is 258 g/mol. The Morgan fingerprint density at radius 3 is 2.42 bits per heavy atom. The Hall–Kier alpha value is -1.51. The van der Waals surface area contributed by atoms with Crippen molar-refractivity contribution >= 4 is 11.6 Å². The predicted molar refractivity (Wildman–Crippen MR) is 80.1 cm³/mol. The summed E-state index contributed by atoms with van der Waals surface area (Å²) in [6, 6.07) is 15.9. The quantitative estimate of drug-likeness (QED) is 0.846. The fourth-order valence-corrected chi connectivity index (χ4v) is 2.08. The number of ether oxygens (including phenoxy) is 1. The molecule has 0 bridgehead atoms. The fraction of sp³-hybridized carbons (Fsp3) is 0.250. The zero-order valence-electron chi connectivity index (χ0n) is 11.2. The summed E-state index contributed by atoms with van der Waals surface area (Å²) in [4.78, 5) is 0. The van der Waals surface area contributed by atoms with E-state index in [1.807, 2.05) is 36.4 Å². The second-order valence-electron chi connectivity index (χ2n) is 4.38. The van der Waals surface area contributed by atoms with Gasteiger partial charge in [0.05, 0.1) is 5.02 Å². The highest BCUT2D eigenvalue weighted by molar-refractivity contribution is 6.32. The average molecular weight is 276 g/mol. The molecule has 0 aliphatic carbocycles. The summed E-state index contributed by atoms with van der Waals surface area (Å²) in [5.74, 6) is 1.47. The van der Waals surface area contributed by atoms with E-state index in [9.17, 15) is 0 Å². The van der Waals surface area contributed by atoms with Crippen LogP contribution in [0.25, 0.3) is 0 Å². The molecule has 2 rings (SSSR count). The summed E-state index contributed by atoms with van der Waals surface area (Å²) in [6.45, 7) is 5.21. The van der Waals surface area contributed by atoms with Crippen LogP contribution in [-0.2, 0) is 0 Å². The molecule has 2 nitrogen and oxygen atoms in total. The van der Waals surface area contributed by atoms with Gasteiger partial charge in [-0.2, -0.15) is 0 Å². The predicted octanol–water partition coefficient (Wildman–Crippen LogP) is 4.80. The van der Waals surface area contributed by atoms with Crippen molar-refractivity contribution in [1.82, 2.24) is 5.32 Å². The van der Waals surface area contributed by atoms with E-state index < -0.39 is 0 Å². The van der Waals surface area contributed by atoms with Crippen molar-refractivity contribution < 1.29 is 4.74 Å². The first-order valence-corrected chi connectivity index (χ1v) is 6.84. The molecule has 1 atom stereocenters. The minimum Gasteiger partial charge on any atom is -0.456 e. The second-order valence-corrected chi connectivity index (χ2v) is 4.79. The highest BCUT2D eigenvalue weighted by atomic mass is 35.5. The van der Waals surface area contributed by atoms with Crippen molar-refractivity contribution in [1.29, 1.82) is 0 Å². The van der Waals surface area contributed by atoms with Gasteiger partial charge in [-0.1, -0.05) is 42.8 Å². The van der Waals surface area contributed by atoms with Crippen LogP contribution in [-0.4, -0.2) is 6.54 Å². The Balaban J connectivity index is 2.09. The van der Waals surface area contributed by atoms with Crippen LogP contribution >= 0.6 is 11.6 Å². The molecule has 0 saturated carbocycles. The molecule has 3 heteroatoms. The van der Waals surface area contributed by atoms with Gasteiger partial charge in [0, 0.05) is 6.04 Å².